The molecule has 3 heterocycles. The fraction of sp³-hybridized carbons (Fsp3) is 0. The normalized spacial score (nSPS) is 11.6. The van der Waals surface area contributed by atoms with Gasteiger partial charge in [0.2, 0.25) is 0 Å². The van der Waals surface area contributed by atoms with Crippen LogP contribution in [0.15, 0.2) is 168 Å². The average molecular weight is 658 g/mol. The van der Waals surface area contributed by atoms with E-state index in [-0.39, 0.29) is 0 Å². The van der Waals surface area contributed by atoms with Crippen LogP contribution in [0.25, 0.3) is 98.5 Å². The van der Waals surface area contributed by atoms with E-state index in [9.17, 15) is 0 Å². The fourth-order valence-corrected chi connectivity index (χ4v) is 8.08. The summed E-state index contributed by atoms with van der Waals surface area (Å²) in [5.41, 5.74) is 8.92. The second-order valence-electron chi connectivity index (χ2n) is 12.4. The molecule has 0 saturated carbocycles. The molecular weight excluding hydrogens is 631 g/mol. The highest BCUT2D eigenvalue weighted by Gasteiger charge is 2.19. The van der Waals surface area contributed by atoms with Crippen LogP contribution >= 0.6 is 11.3 Å². The molecule has 0 spiro atoms. The van der Waals surface area contributed by atoms with Gasteiger partial charge in [0.15, 0.2) is 17.5 Å². The van der Waals surface area contributed by atoms with Crippen LogP contribution in [0.1, 0.15) is 0 Å². The van der Waals surface area contributed by atoms with E-state index in [1.165, 1.54) is 20.2 Å². The molecule has 0 saturated heterocycles. The Morgan fingerprint density at radius 3 is 1.80 bits per heavy atom. The first-order valence-corrected chi connectivity index (χ1v) is 17.4. The highest BCUT2D eigenvalue weighted by molar-refractivity contribution is 7.25. The minimum Gasteiger partial charge on any atom is -0.455 e. The van der Waals surface area contributed by atoms with Crippen LogP contribution in [-0.2, 0) is 0 Å². The Kier molecular flexibility index (Phi) is 6.64. The quantitative estimate of drug-likeness (QED) is 0.185. The lowest BCUT2D eigenvalue weighted by molar-refractivity contribution is 0.670. The predicted octanol–water partition coefficient (Wildman–Crippen LogP) is 12.5. The number of aromatic nitrogens is 3. The van der Waals surface area contributed by atoms with Gasteiger partial charge in [0.1, 0.15) is 11.2 Å². The summed E-state index contributed by atoms with van der Waals surface area (Å²) < 4.78 is 9.20. The van der Waals surface area contributed by atoms with Gasteiger partial charge in [-0.3, -0.25) is 0 Å². The van der Waals surface area contributed by atoms with Gasteiger partial charge in [-0.2, -0.15) is 0 Å². The molecule has 0 aliphatic rings. The number of rotatable bonds is 5. The van der Waals surface area contributed by atoms with Crippen LogP contribution in [-0.4, -0.2) is 15.0 Å². The van der Waals surface area contributed by atoms with Crippen LogP contribution in [0.2, 0.25) is 0 Å². The smallest absolute Gasteiger partial charge is 0.164 e. The summed E-state index contributed by atoms with van der Waals surface area (Å²) in [5.74, 6) is 1.87. The molecule has 10 rings (SSSR count). The van der Waals surface area contributed by atoms with E-state index in [4.69, 9.17) is 19.4 Å². The third-order valence-electron chi connectivity index (χ3n) is 9.33. The minimum absolute atomic E-state index is 0.598. The second kappa shape index (κ2) is 11.6. The largest absolute Gasteiger partial charge is 0.455 e. The van der Waals surface area contributed by atoms with Crippen molar-refractivity contribution in [1.29, 1.82) is 0 Å². The maximum Gasteiger partial charge on any atom is 0.164 e. The van der Waals surface area contributed by atoms with E-state index in [0.717, 1.165) is 60.9 Å². The Hall–Kier alpha value is -6.43. The molecule has 0 atom stereocenters. The van der Waals surface area contributed by atoms with E-state index in [1.54, 1.807) is 11.3 Å². The Morgan fingerprint density at radius 2 is 1.02 bits per heavy atom. The van der Waals surface area contributed by atoms with Crippen molar-refractivity contribution < 1.29 is 4.42 Å². The van der Waals surface area contributed by atoms with Crippen LogP contribution < -0.4 is 0 Å². The third-order valence-corrected chi connectivity index (χ3v) is 10.5. The molecule has 0 aliphatic carbocycles. The van der Waals surface area contributed by atoms with Crippen molar-refractivity contribution in [1.82, 2.24) is 15.0 Å². The van der Waals surface area contributed by atoms with Gasteiger partial charge in [0.25, 0.3) is 0 Å². The molecule has 0 radical (unpaired) electrons. The summed E-state index contributed by atoms with van der Waals surface area (Å²) in [7, 11) is 0. The van der Waals surface area contributed by atoms with Crippen molar-refractivity contribution in [2.24, 2.45) is 0 Å². The van der Waals surface area contributed by atoms with E-state index in [2.05, 4.69) is 121 Å². The van der Waals surface area contributed by atoms with Crippen molar-refractivity contribution in [3.63, 3.8) is 0 Å². The monoisotopic (exact) mass is 657 g/mol. The second-order valence-corrected chi connectivity index (χ2v) is 13.5. The van der Waals surface area contributed by atoms with Gasteiger partial charge in [-0.05, 0) is 53.1 Å². The Labute approximate surface area is 292 Å². The van der Waals surface area contributed by atoms with Crippen molar-refractivity contribution in [3.8, 4) is 56.4 Å². The van der Waals surface area contributed by atoms with Gasteiger partial charge in [-0.15, -0.1) is 11.3 Å². The standard InChI is InChI=1S/C45H27N3OS/c1-4-13-28(14-5-1)32-25-36(29-15-6-2-7-16-29)42-37(26-32)33-24-23-31(27-38(33)49-42)44-46-43(30-17-8-3-9-18-30)47-45(48-44)35-20-12-22-40-41(35)34-19-10-11-21-39(34)50-40/h1-27H. The number of nitrogens with zero attached hydrogens (tertiary/aromatic N) is 3. The molecule has 10 aromatic rings. The molecule has 7 aromatic carbocycles. The number of thiophene rings is 1. The highest BCUT2D eigenvalue weighted by Crippen LogP contribution is 2.42. The number of furan rings is 1. The fourth-order valence-electron chi connectivity index (χ4n) is 6.95. The lowest BCUT2D eigenvalue weighted by atomic mass is 9.95. The summed E-state index contributed by atoms with van der Waals surface area (Å²) >= 11 is 1.79. The molecule has 4 nitrogen and oxygen atoms in total. The first-order valence-electron chi connectivity index (χ1n) is 16.6. The lowest BCUT2D eigenvalue weighted by Gasteiger charge is -2.09. The topological polar surface area (TPSA) is 51.8 Å². The zero-order valence-corrected chi connectivity index (χ0v) is 27.6. The van der Waals surface area contributed by atoms with E-state index < -0.39 is 0 Å². The van der Waals surface area contributed by atoms with E-state index in [1.807, 2.05) is 42.5 Å². The maximum absolute atomic E-state index is 6.75. The van der Waals surface area contributed by atoms with Crippen molar-refractivity contribution in [2.75, 3.05) is 0 Å². The van der Waals surface area contributed by atoms with Gasteiger partial charge in [-0.25, -0.2) is 15.0 Å². The molecule has 0 aliphatic heterocycles. The minimum atomic E-state index is 0.598. The molecule has 0 N–H and O–H groups in total. The molecule has 0 unspecified atom stereocenters. The van der Waals surface area contributed by atoms with Gasteiger partial charge < -0.3 is 4.42 Å². The predicted molar refractivity (Wildman–Crippen MR) is 207 cm³/mol. The first-order chi connectivity index (χ1) is 24.8. The molecule has 50 heavy (non-hydrogen) atoms. The van der Waals surface area contributed by atoms with Crippen LogP contribution in [0.4, 0.5) is 0 Å². The third kappa shape index (κ3) is 4.79. The van der Waals surface area contributed by atoms with Crippen molar-refractivity contribution in [3.05, 3.63) is 164 Å². The summed E-state index contributed by atoms with van der Waals surface area (Å²) in [4.78, 5) is 15.3. The van der Waals surface area contributed by atoms with Crippen molar-refractivity contribution in [2.45, 2.75) is 0 Å². The summed E-state index contributed by atoms with van der Waals surface area (Å²) in [6, 6.07) is 56.8. The zero-order chi connectivity index (χ0) is 33.0. The Morgan fingerprint density at radius 1 is 0.380 bits per heavy atom. The van der Waals surface area contributed by atoms with Gasteiger partial charge in [0, 0.05) is 53.2 Å². The molecule has 0 amide bonds. The van der Waals surface area contributed by atoms with Gasteiger partial charge >= 0.3 is 0 Å². The summed E-state index contributed by atoms with van der Waals surface area (Å²) in [6.45, 7) is 0. The molecular formula is C45H27N3OS. The van der Waals surface area contributed by atoms with Crippen LogP contribution in [0, 0.1) is 0 Å². The lowest BCUT2D eigenvalue weighted by Crippen LogP contribution is -2.00. The maximum atomic E-state index is 6.75. The first kappa shape index (κ1) is 28.6. The number of fused-ring (bicyclic) bond motifs is 6. The van der Waals surface area contributed by atoms with E-state index in [0.29, 0.717) is 17.5 Å². The van der Waals surface area contributed by atoms with Crippen LogP contribution in [0.3, 0.4) is 0 Å². The molecule has 0 fully saturated rings. The van der Waals surface area contributed by atoms with Gasteiger partial charge in [0.05, 0.1) is 0 Å². The average Bonchev–Trinajstić information content (AvgIpc) is 3.76. The van der Waals surface area contributed by atoms with Crippen molar-refractivity contribution >= 4 is 53.4 Å². The zero-order valence-electron chi connectivity index (χ0n) is 26.7. The SMILES string of the molecule is c1ccc(-c2cc(-c3ccccc3)c3oc4cc(-c5nc(-c6ccccc6)nc(-c6cccc7sc8ccccc8c67)n5)ccc4c3c2)cc1. The number of benzene rings is 7. The Balaban J connectivity index is 1.19. The molecule has 0 bridgehead atoms. The number of hydrogen-bond acceptors (Lipinski definition) is 5. The number of hydrogen-bond donors (Lipinski definition) is 0. The Bertz CT molecular complexity index is 2860. The summed E-state index contributed by atoms with van der Waals surface area (Å²) in [5, 5.41) is 4.49. The molecule has 234 valence electrons. The van der Waals surface area contributed by atoms with E-state index >= 15 is 0 Å². The molecule has 5 heteroatoms. The van der Waals surface area contributed by atoms with Crippen LogP contribution in [0.5, 0.6) is 0 Å². The highest BCUT2D eigenvalue weighted by atomic mass is 32.1. The molecule has 3 aromatic heterocycles. The summed E-state index contributed by atoms with van der Waals surface area (Å²) in [6.07, 6.45) is 0. The van der Waals surface area contributed by atoms with Gasteiger partial charge in [-0.1, -0.05) is 127 Å².